The average molecular weight is 458 g/mol. The summed E-state index contributed by atoms with van der Waals surface area (Å²) >= 11 is 12.0. The van der Waals surface area contributed by atoms with Gasteiger partial charge in [-0.1, -0.05) is 47.5 Å². The molecule has 162 valence electrons. The van der Waals surface area contributed by atoms with E-state index in [0.29, 0.717) is 23.1 Å². The van der Waals surface area contributed by atoms with E-state index in [9.17, 15) is 4.79 Å². The molecule has 2 aromatic carbocycles. The Morgan fingerprint density at radius 2 is 1.74 bits per heavy atom. The monoisotopic (exact) mass is 457 g/mol. The third-order valence-electron chi connectivity index (χ3n) is 5.74. The SMILES string of the molecule is Cc1nnc([C@H]2CCCN2C(=O)N[C@@H](C)c2ccc(Cl)cc2)n1Cc1ccc(Cl)cc1. The largest absolute Gasteiger partial charge is 0.331 e. The Bertz CT molecular complexity index is 1050. The fourth-order valence-corrected chi connectivity index (χ4v) is 4.24. The fourth-order valence-electron chi connectivity index (χ4n) is 3.99. The molecular weight excluding hydrogens is 433 g/mol. The van der Waals surface area contributed by atoms with E-state index in [2.05, 4.69) is 20.1 Å². The van der Waals surface area contributed by atoms with E-state index in [-0.39, 0.29) is 18.1 Å². The number of halogens is 2. The van der Waals surface area contributed by atoms with E-state index in [1.165, 1.54) is 0 Å². The van der Waals surface area contributed by atoms with Gasteiger partial charge < -0.3 is 14.8 Å². The van der Waals surface area contributed by atoms with E-state index in [1.807, 2.05) is 67.3 Å². The van der Waals surface area contributed by atoms with Gasteiger partial charge >= 0.3 is 6.03 Å². The maximum Gasteiger partial charge on any atom is 0.318 e. The second-order valence-electron chi connectivity index (χ2n) is 7.89. The fraction of sp³-hybridized carbons (Fsp3) is 0.348. The summed E-state index contributed by atoms with van der Waals surface area (Å²) in [6.45, 7) is 5.24. The van der Waals surface area contributed by atoms with Gasteiger partial charge in [0.2, 0.25) is 0 Å². The topological polar surface area (TPSA) is 63.1 Å². The zero-order valence-electron chi connectivity index (χ0n) is 17.6. The number of nitrogens with one attached hydrogen (secondary N) is 1. The summed E-state index contributed by atoms with van der Waals surface area (Å²) in [4.78, 5) is 15.0. The second-order valence-corrected chi connectivity index (χ2v) is 8.77. The minimum absolute atomic E-state index is 0.0938. The molecule has 0 radical (unpaired) electrons. The normalized spacial score (nSPS) is 17.0. The van der Waals surface area contributed by atoms with Gasteiger partial charge in [-0.15, -0.1) is 10.2 Å². The van der Waals surface area contributed by atoms with Crippen molar-refractivity contribution in [2.24, 2.45) is 0 Å². The molecule has 1 aromatic heterocycles. The first-order valence-electron chi connectivity index (χ1n) is 10.4. The van der Waals surface area contributed by atoms with Gasteiger partial charge in [0.15, 0.2) is 5.82 Å². The van der Waals surface area contributed by atoms with Crippen molar-refractivity contribution in [2.45, 2.75) is 45.3 Å². The average Bonchev–Trinajstić information content (AvgIpc) is 3.37. The van der Waals surface area contributed by atoms with Crippen LogP contribution in [0.1, 0.15) is 54.6 Å². The third kappa shape index (κ3) is 4.86. The van der Waals surface area contributed by atoms with Gasteiger partial charge in [-0.05, 0) is 62.1 Å². The number of aryl methyl sites for hydroxylation is 1. The van der Waals surface area contributed by atoms with Gasteiger partial charge in [0.05, 0.1) is 18.6 Å². The summed E-state index contributed by atoms with van der Waals surface area (Å²) in [7, 11) is 0. The zero-order chi connectivity index (χ0) is 22.0. The van der Waals surface area contributed by atoms with Gasteiger partial charge in [-0.3, -0.25) is 0 Å². The van der Waals surface area contributed by atoms with Gasteiger partial charge in [0, 0.05) is 16.6 Å². The number of carbonyl (C=O) groups is 1. The van der Waals surface area contributed by atoms with Gasteiger partial charge in [0.25, 0.3) is 0 Å². The van der Waals surface area contributed by atoms with Crippen molar-refractivity contribution in [3.63, 3.8) is 0 Å². The number of amides is 2. The number of carbonyl (C=O) groups excluding carboxylic acids is 1. The number of rotatable bonds is 5. The van der Waals surface area contributed by atoms with E-state index < -0.39 is 0 Å². The molecule has 2 amide bonds. The van der Waals surface area contributed by atoms with Crippen molar-refractivity contribution in [3.05, 3.63) is 81.4 Å². The van der Waals surface area contributed by atoms with Gasteiger partial charge in [-0.25, -0.2) is 4.79 Å². The van der Waals surface area contributed by atoms with Crippen LogP contribution in [-0.4, -0.2) is 32.2 Å². The van der Waals surface area contributed by atoms with Gasteiger partial charge in [0.1, 0.15) is 5.82 Å². The van der Waals surface area contributed by atoms with Crippen LogP contribution in [-0.2, 0) is 6.54 Å². The molecule has 6 nitrogen and oxygen atoms in total. The number of benzene rings is 2. The minimum atomic E-state index is -0.125. The molecule has 8 heteroatoms. The summed E-state index contributed by atoms with van der Waals surface area (Å²) in [6, 6.07) is 15.0. The Labute approximate surface area is 192 Å². The van der Waals surface area contributed by atoms with E-state index >= 15 is 0 Å². The van der Waals surface area contributed by atoms with Crippen molar-refractivity contribution < 1.29 is 4.79 Å². The van der Waals surface area contributed by atoms with E-state index in [1.54, 1.807) is 0 Å². The smallest absolute Gasteiger partial charge is 0.318 e. The summed E-state index contributed by atoms with van der Waals surface area (Å²) < 4.78 is 2.09. The number of aromatic nitrogens is 3. The number of likely N-dealkylation sites (tertiary alicyclic amines) is 1. The maximum absolute atomic E-state index is 13.1. The highest BCUT2D eigenvalue weighted by Crippen LogP contribution is 2.32. The predicted molar refractivity (Wildman–Crippen MR) is 122 cm³/mol. The summed E-state index contributed by atoms with van der Waals surface area (Å²) in [5.74, 6) is 1.64. The number of nitrogens with zero attached hydrogens (tertiary/aromatic N) is 4. The minimum Gasteiger partial charge on any atom is -0.331 e. The van der Waals surface area contributed by atoms with Crippen LogP contribution in [0.3, 0.4) is 0 Å². The first-order valence-corrected chi connectivity index (χ1v) is 11.1. The van der Waals surface area contributed by atoms with E-state index in [4.69, 9.17) is 23.2 Å². The molecule has 0 bridgehead atoms. The van der Waals surface area contributed by atoms with Crippen molar-refractivity contribution in [3.8, 4) is 0 Å². The van der Waals surface area contributed by atoms with Crippen LogP contribution in [0, 0.1) is 6.92 Å². The molecule has 0 aliphatic carbocycles. The Kier molecular flexibility index (Phi) is 6.49. The Morgan fingerprint density at radius 3 is 2.42 bits per heavy atom. The highest BCUT2D eigenvalue weighted by Gasteiger charge is 2.34. The lowest BCUT2D eigenvalue weighted by atomic mass is 10.1. The van der Waals surface area contributed by atoms with E-state index in [0.717, 1.165) is 35.6 Å². The molecule has 1 fully saturated rings. The van der Waals surface area contributed by atoms with Crippen LogP contribution in [0.15, 0.2) is 48.5 Å². The molecule has 0 unspecified atom stereocenters. The van der Waals surface area contributed by atoms with Crippen LogP contribution in [0.5, 0.6) is 0 Å². The summed E-state index contributed by atoms with van der Waals surface area (Å²) in [6.07, 6.45) is 1.79. The molecule has 1 saturated heterocycles. The number of hydrogen-bond acceptors (Lipinski definition) is 3. The molecule has 2 heterocycles. The predicted octanol–water partition coefficient (Wildman–Crippen LogP) is 5.55. The molecule has 1 aliphatic rings. The zero-order valence-corrected chi connectivity index (χ0v) is 19.1. The number of urea groups is 1. The molecule has 1 N–H and O–H groups in total. The van der Waals surface area contributed by atoms with Crippen LogP contribution in [0.2, 0.25) is 10.0 Å². The lowest BCUT2D eigenvalue weighted by Gasteiger charge is -2.27. The van der Waals surface area contributed by atoms with Gasteiger partial charge in [-0.2, -0.15) is 0 Å². The van der Waals surface area contributed by atoms with Crippen LogP contribution in [0.4, 0.5) is 4.79 Å². The summed E-state index contributed by atoms with van der Waals surface area (Å²) in [5, 5.41) is 13.2. The molecule has 2 atom stereocenters. The quantitative estimate of drug-likeness (QED) is 0.545. The maximum atomic E-state index is 13.1. The van der Waals surface area contributed by atoms with Crippen LogP contribution in [0.25, 0.3) is 0 Å². The van der Waals surface area contributed by atoms with Crippen molar-refractivity contribution in [1.29, 1.82) is 0 Å². The highest BCUT2D eigenvalue weighted by atomic mass is 35.5. The molecule has 3 aromatic rings. The second kappa shape index (κ2) is 9.28. The Hall–Kier alpha value is -2.57. The standard InChI is InChI=1S/C23H25Cl2N5O/c1-15(18-7-11-20(25)12-8-18)26-23(31)29-13-3-4-21(29)22-28-27-16(2)30(22)14-17-5-9-19(24)10-6-17/h5-12,15,21H,3-4,13-14H2,1-2H3,(H,26,31)/t15-,21+/m0/s1. The first kappa shape index (κ1) is 21.7. The third-order valence-corrected chi connectivity index (χ3v) is 6.24. The molecule has 31 heavy (non-hydrogen) atoms. The summed E-state index contributed by atoms with van der Waals surface area (Å²) in [5.41, 5.74) is 2.12. The lowest BCUT2D eigenvalue weighted by molar-refractivity contribution is 0.186. The Morgan fingerprint density at radius 1 is 1.10 bits per heavy atom. The molecular formula is C23H25Cl2N5O. The molecule has 0 saturated carbocycles. The first-order chi connectivity index (χ1) is 14.9. The highest BCUT2D eigenvalue weighted by molar-refractivity contribution is 6.30. The number of hydrogen-bond donors (Lipinski definition) is 1. The van der Waals surface area contributed by atoms with Crippen molar-refractivity contribution in [1.82, 2.24) is 25.0 Å². The molecule has 1 aliphatic heterocycles. The van der Waals surface area contributed by atoms with Crippen LogP contribution < -0.4 is 5.32 Å². The molecule has 0 spiro atoms. The lowest BCUT2D eigenvalue weighted by Crippen LogP contribution is -2.41. The van der Waals surface area contributed by atoms with Crippen molar-refractivity contribution in [2.75, 3.05) is 6.54 Å². The van der Waals surface area contributed by atoms with Crippen molar-refractivity contribution >= 4 is 29.2 Å². The Balaban J connectivity index is 1.51. The molecule has 4 rings (SSSR count). The van der Waals surface area contributed by atoms with Crippen LogP contribution >= 0.6 is 23.2 Å².